The summed E-state index contributed by atoms with van der Waals surface area (Å²) in [6, 6.07) is 0. The van der Waals surface area contributed by atoms with E-state index in [-0.39, 0.29) is 0 Å². The highest BCUT2D eigenvalue weighted by Gasteiger charge is 2.23. The van der Waals surface area contributed by atoms with Crippen LogP contribution in [0.5, 0.6) is 0 Å². The van der Waals surface area contributed by atoms with Gasteiger partial charge in [-0.3, -0.25) is 4.79 Å². The molecule has 2 rings (SSSR count). The van der Waals surface area contributed by atoms with Gasteiger partial charge in [-0.05, 0) is 51.9 Å². The van der Waals surface area contributed by atoms with Crippen LogP contribution in [0.4, 0.5) is 0 Å². The van der Waals surface area contributed by atoms with Gasteiger partial charge >= 0.3 is 0 Å². The summed E-state index contributed by atoms with van der Waals surface area (Å²) in [4.78, 5) is 11.4. The zero-order valence-electron chi connectivity index (χ0n) is 9.85. The van der Waals surface area contributed by atoms with E-state index in [2.05, 4.69) is 0 Å². The molecule has 1 unspecified atom stereocenters. The third-order valence-corrected chi connectivity index (χ3v) is 4.07. The van der Waals surface area contributed by atoms with Crippen LogP contribution in [-0.4, -0.2) is 5.78 Å². The van der Waals surface area contributed by atoms with Crippen LogP contribution in [0.15, 0.2) is 11.1 Å². The molecule has 0 amide bonds. The molecule has 0 spiro atoms. The van der Waals surface area contributed by atoms with Crippen LogP contribution in [0.3, 0.4) is 0 Å². The van der Waals surface area contributed by atoms with Crippen molar-refractivity contribution in [2.45, 2.75) is 64.7 Å². The number of Topliss-reactive ketones (excluding diaryl/α,β-unsaturated/α-hetero) is 1. The van der Waals surface area contributed by atoms with E-state index in [1.165, 1.54) is 44.9 Å². The van der Waals surface area contributed by atoms with Gasteiger partial charge in [0.05, 0.1) is 0 Å². The maximum atomic E-state index is 11.4. The Labute approximate surface area is 92.9 Å². The minimum Gasteiger partial charge on any atom is -0.300 e. The average Bonchev–Trinajstić information content (AvgIpc) is 2.18. The lowest BCUT2D eigenvalue weighted by Gasteiger charge is -2.27. The molecule has 0 aromatic heterocycles. The quantitative estimate of drug-likeness (QED) is 0.592. The first-order valence-electron chi connectivity index (χ1n) is 6.47. The standard InChI is InChI=1S/C14H22O/c1-11(15)13-9-8-12-6-4-2-3-5-7-14(12)10-13/h13H,2-10H2,1H3. The molecule has 2 aliphatic rings. The van der Waals surface area contributed by atoms with Crippen molar-refractivity contribution in [2.24, 2.45) is 5.92 Å². The minimum atomic E-state index is 0.350. The predicted molar refractivity (Wildman–Crippen MR) is 62.8 cm³/mol. The van der Waals surface area contributed by atoms with Crippen LogP contribution in [0.1, 0.15) is 64.7 Å². The smallest absolute Gasteiger partial charge is 0.133 e. The monoisotopic (exact) mass is 206 g/mol. The highest BCUT2D eigenvalue weighted by Crippen LogP contribution is 2.36. The first kappa shape index (κ1) is 10.9. The lowest BCUT2D eigenvalue weighted by molar-refractivity contribution is -0.121. The summed E-state index contributed by atoms with van der Waals surface area (Å²) >= 11 is 0. The first-order chi connectivity index (χ1) is 7.27. The summed E-state index contributed by atoms with van der Waals surface area (Å²) < 4.78 is 0. The molecule has 0 saturated carbocycles. The molecule has 1 nitrogen and oxygen atoms in total. The lowest BCUT2D eigenvalue weighted by atomic mass is 9.78. The molecule has 1 heteroatoms. The van der Waals surface area contributed by atoms with Gasteiger partial charge in [0.25, 0.3) is 0 Å². The van der Waals surface area contributed by atoms with Gasteiger partial charge in [-0.15, -0.1) is 0 Å². The Bertz CT molecular complexity index is 275. The highest BCUT2D eigenvalue weighted by atomic mass is 16.1. The number of hydrogen-bond donors (Lipinski definition) is 0. The van der Waals surface area contributed by atoms with Crippen molar-refractivity contribution in [1.29, 1.82) is 0 Å². The Morgan fingerprint density at radius 1 is 1.00 bits per heavy atom. The summed E-state index contributed by atoms with van der Waals surface area (Å²) in [5.41, 5.74) is 3.37. The van der Waals surface area contributed by atoms with E-state index in [9.17, 15) is 4.79 Å². The largest absolute Gasteiger partial charge is 0.300 e. The molecule has 0 aromatic carbocycles. The normalized spacial score (nSPS) is 27.9. The number of hydrogen-bond acceptors (Lipinski definition) is 1. The van der Waals surface area contributed by atoms with Crippen molar-refractivity contribution < 1.29 is 4.79 Å². The average molecular weight is 206 g/mol. The molecular formula is C14H22O. The third-order valence-electron chi connectivity index (χ3n) is 4.07. The van der Waals surface area contributed by atoms with E-state index in [4.69, 9.17) is 0 Å². The number of carbonyl (C=O) groups excluding carboxylic acids is 1. The zero-order valence-corrected chi connectivity index (χ0v) is 9.85. The molecule has 84 valence electrons. The van der Waals surface area contributed by atoms with Crippen LogP contribution < -0.4 is 0 Å². The zero-order chi connectivity index (χ0) is 10.7. The van der Waals surface area contributed by atoms with E-state index in [1.807, 2.05) is 0 Å². The lowest BCUT2D eigenvalue weighted by Crippen LogP contribution is -2.18. The van der Waals surface area contributed by atoms with Gasteiger partial charge in [0.2, 0.25) is 0 Å². The Morgan fingerprint density at radius 2 is 1.67 bits per heavy atom. The molecule has 0 heterocycles. The van der Waals surface area contributed by atoms with Gasteiger partial charge < -0.3 is 0 Å². The highest BCUT2D eigenvalue weighted by molar-refractivity contribution is 5.78. The fourth-order valence-electron chi connectivity index (χ4n) is 3.03. The summed E-state index contributed by atoms with van der Waals surface area (Å²) in [6.45, 7) is 1.76. The van der Waals surface area contributed by atoms with E-state index in [0.29, 0.717) is 11.7 Å². The van der Waals surface area contributed by atoms with Gasteiger partial charge in [-0.25, -0.2) is 0 Å². The molecule has 0 N–H and O–H groups in total. The molecule has 0 aromatic rings. The molecule has 1 atom stereocenters. The van der Waals surface area contributed by atoms with Crippen molar-refractivity contribution >= 4 is 5.78 Å². The van der Waals surface area contributed by atoms with Gasteiger partial charge in [0.1, 0.15) is 5.78 Å². The molecule has 0 aliphatic heterocycles. The Kier molecular flexibility index (Phi) is 3.61. The molecule has 0 fully saturated rings. The van der Waals surface area contributed by atoms with Crippen molar-refractivity contribution in [2.75, 3.05) is 0 Å². The van der Waals surface area contributed by atoms with Crippen LogP contribution in [-0.2, 0) is 4.79 Å². The second-order valence-electron chi connectivity index (χ2n) is 5.17. The van der Waals surface area contributed by atoms with E-state index >= 15 is 0 Å². The van der Waals surface area contributed by atoms with Gasteiger partial charge in [0.15, 0.2) is 0 Å². The van der Waals surface area contributed by atoms with Crippen LogP contribution in [0.25, 0.3) is 0 Å². The summed E-state index contributed by atoms with van der Waals surface area (Å²) in [5.74, 6) is 0.756. The van der Waals surface area contributed by atoms with E-state index in [1.54, 1.807) is 18.1 Å². The number of rotatable bonds is 1. The Balaban J connectivity index is 2.07. The van der Waals surface area contributed by atoms with Gasteiger partial charge in [0, 0.05) is 5.92 Å². The second-order valence-corrected chi connectivity index (χ2v) is 5.17. The number of ketones is 1. The topological polar surface area (TPSA) is 17.1 Å². The SMILES string of the molecule is CC(=O)C1CCC2=C(CCCCCC2)C1. The first-order valence-corrected chi connectivity index (χ1v) is 6.47. The van der Waals surface area contributed by atoms with Crippen LogP contribution in [0.2, 0.25) is 0 Å². The molecular weight excluding hydrogens is 184 g/mol. The summed E-state index contributed by atoms with van der Waals surface area (Å²) in [7, 11) is 0. The van der Waals surface area contributed by atoms with E-state index < -0.39 is 0 Å². The fourth-order valence-corrected chi connectivity index (χ4v) is 3.03. The maximum absolute atomic E-state index is 11.4. The van der Waals surface area contributed by atoms with Crippen molar-refractivity contribution in [1.82, 2.24) is 0 Å². The van der Waals surface area contributed by atoms with Gasteiger partial charge in [-0.2, -0.15) is 0 Å². The second kappa shape index (κ2) is 4.96. The fraction of sp³-hybridized carbons (Fsp3) is 0.786. The minimum absolute atomic E-state index is 0.350. The molecule has 15 heavy (non-hydrogen) atoms. The maximum Gasteiger partial charge on any atom is 0.133 e. The Morgan fingerprint density at radius 3 is 2.33 bits per heavy atom. The molecule has 0 bridgehead atoms. The summed E-state index contributed by atoms with van der Waals surface area (Å²) in [6.07, 6.45) is 11.5. The van der Waals surface area contributed by atoms with Gasteiger partial charge in [-0.1, -0.05) is 24.0 Å². The van der Waals surface area contributed by atoms with Crippen LogP contribution in [0, 0.1) is 5.92 Å². The van der Waals surface area contributed by atoms with Crippen molar-refractivity contribution in [3.63, 3.8) is 0 Å². The van der Waals surface area contributed by atoms with Crippen LogP contribution >= 0.6 is 0 Å². The summed E-state index contributed by atoms with van der Waals surface area (Å²) in [5, 5.41) is 0. The number of allylic oxidation sites excluding steroid dienone is 2. The molecule has 2 aliphatic carbocycles. The van der Waals surface area contributed by atoms with E-state index in [0.717, 1.165) is 12.8 Å². The molecule has 0 radical (unpaired) electrons. The predicted octanol–water partition coefficient (Wildman–Crippen LogP) is 4.03. The van der Waals surface area contributed by atoms with Crippen molar-refractivity contribution in [3.05, 3.63) is 11.1 Å². The number of carbonyl (C=O) groups is 1. The molecule has 0 saturated heterocycles. The Hall–Kier alpha value is -0.590. The third kappa shape index (κ3) is 2.70. The van der Waals surface area contributed by atoms with Crippen molar-refractivity contribution in [3.8, 4) is 0 Å².